The first kappa shape index (κ1) is 32.8. The van der Waals surface area contributed by atoms with E-state index in [4.69, 9.17) is 5.73 Å². The highest BCUT2D eigenvalue weighted by Gasteiger charge is 2.40. The van der Waals surface area contributed by atoms with Crippen LogP contribution < -0.4 is 16.4 Å². The van der Waals surface area contributed by atoms with Gasteiger partial charge in [-0.3, -0.25) is 14.4 Å². The van der Waals surface area contributed by atoms with E-state index in [1.165, 1.54) is 0 Å². The lowest BCUT2D eigenvalue weighted by Crippen LogP contribution is -2.55. The third kappa shape index (κ3) is 8.43. The molecule has 0 aromatic heterocycles. The van der Waals surface area contributed by atoms with Gasteiger partial charge in [-0.25, -0.2) is 0 Å². The Morgan fingerprint density at radius 1 is 1.02 bits per heavy atom. The molecule has 0 spiro atoms. The highest BCUT2D eigenvalue weighted by Crippen LogP contribution is 2.40. The fourth-order valence-corrected chi connectivity index (χ4v) is 6.25. The molecule has 2 fully saturated rings. The number of nitrogens with one attached hydrogen (secondary N) is 2. The number of hydrogen-bond donors (Lipinski definition) is 4. The van der Waals surface area contributed by atoms with E-state index < -0.39 is 18.2 Å². The van der Waals surface area contributed by atoms with E-state index in [1.54, 1.807) is 4.90 Å². The van der Waals surface area contributed by atoms with Crippen LogP contribution in [0.2, 0.25) is 0 Å². The summed E-state index contributed by atoms with van der Waals surface area (Å²) in [5, 5.41) is 17.7. The van der Waals surface area contributed by atoms with E-state index in [2.05, 4.69) is 31.4 Å². The summed E-state index contributed by atoms with van der Waals surface area (Å²) in [4.78, 5) is 42.1. The van der Waals surface area contributed by atoms with Crippen molar-refractivity contribution in [3.05, 3.63) is 48.0 Å². The number of halogens is 1. The van der Waals surface area contributed by atoms with Crippen molar-refractivity contribution in [1.29, 1.82) is 0 Å². The molecular formula is C32H47ClN4O4. The quantitative estimate of drug-likeness (QED) is 0.357. The number of benzene rings is 2. The molecule has 3 amide bonds. The molecule has 1 saturated carbocycles. The lowest BCUT2D eigenvalue weighted by atomic mass is 9.69. The molecule has 2 aliphatic rings. The SMILES string of the molecule is CC(C)(C)C1CCC(C(=O)N2CCCC2C(=O)N[C@H](Cc2ccc3ccccc3c2)C(=O)NCC(O)CN)CC1.Cl. The van der Waals surface area contributed by atoms with Crippen molar-refractivity contribution in [1.82, 2.24) is 15.5 Å². The lowest BCUT2D eigenvalue weighted by molar-refractivity contribution is -0.143. The maximum Gasteiger partial charge on any atom is 0.243 e. The van der Waals surface area contributed by atoms with Crippen LogP contribution in [0.15, 0.2) is 42.5 Å². The Balaban J connectivity index is 0.00000462. The van der Waals surface area contributed by atoms with E-state index >= 15 is 0 Å². The number of aliphatic hydroxyl groups is 1. The summed E-state index contributed by atoms with van der Waals surface area (Å²) < 4.78 is 0. The number of nitrogens with zero attached hydrogens (tertiary/aromatic N) is 1. The van der Waals surface area contributed by atoms with E-state index in [0.717, 1.165) is 48.4 Å². The molecule has 4 rings (SSSR count). The molecule has 41 heavy (non-hydrogen) atoms. The monoisotopic (exact) mass is 586 g/mol. The molecule has 1 aliphatic carbocycles. The molecule has 5 N–H and O–H groups in total. The average molecular weight is 587 g/mol. The van der Waals surface area contributed by atoms with Gasteiger partial charge in [-0.05, 0) is 66.2 Å². The van der Waals surface area contributed by atoms with E-state index in [-0.39, 0.29) is 54.6 Å². The first-order chi connectivity index (χ1) is 19.1. The normalized spacial score (nSPS) is 22.5. The van der Waals surface area contributed by atoms with Crippen LogP contribution in [0.5, 0.6) is 0 Å². The molecule has 1 heterocycles. The number of likely N-dealkylation sites (tertiary alicyclic amines) is 1. The van der Waals surface area contributed by atoms with Crippen LogP contribution in [0.1, 0.15) is 64.9 Å². The van der Waals surface area contributed by atoms with Crippen LogP contribution in [-0.2, 0) is 20.8 Å². The summed E-state index contributed by atoms with van der Waals surface area (Å²) in [7, 11) is 0. The predicted molar refractivity (Wildman–Crippen MR) is 165 cm³/mol. The predicted octanol–water partition coefficient (Wildman–Crippen LogP) is 3.57. The highest BCUT2D eigenvalue weighted by atomic mass is 35.5. The number of aliphatic hydroxyl groups excluding tert-OH is 1. The van der Waals surface area contributed by atoms with Gasteiger partial charge in [0.05, 0.1) is 6.10 Å². The first-order valence-corrected chi connectivity index (χ1v) is 14.8. The zero-order valence-corrected chi connectivity index (χ0v) is 25.4. The Morgan fingerprint density at radius 2 is 1.71 bits per heavy atom. The second-order valence-corrected chi connectivity index (χ2v) is 12.7. The van der Waals surface area contributed by atoms with Crippen molar-refractivity contribution in [3.63, 3.8) is 0 Å². The highest BCUT2D eigenvalue weighted by molar-refractivity contribution is 5.93. The van der Waals surface area contributed by atoms with Gasteiger partial charge >= 0.3 is 0 Å². The standard InChI is InChI=1S/C32H46N4O4.ClH/c1-32(2,3)25-14-12-23(13-15-25)31(40)36-16-6-9-28(36)30(39)35-27(29(38)34-20-26(37)19-33)18-21-10-11-22-7-4-5-8-24(22)17-21;/h4-5,7-8,10-11,17,23,25-28,37H,6,9,12-16,18-20,33H2,1-3H3,(H,34,38)(H,35,39);1H/t23?,25?,26?,27-,28?;/m1./s1. The van der Waals surface area contributed by atoms with Crippen molar-refractivity contribution in [2.24, 2.45) is 23.0 Å². The Bertz CT molecular complexity index is 1190. The van der Waals surface area contributed by atoms with Crippen molar-refractivity contribution in [2.45, 2.75) is 83.9 Å². The van der Waals surface area contributed by atoms with E-state index in [9.17, 15) is 19.5 Å². The van der Waals surface area contributed by atoms with Crippen LogP contribution in [0.3, 0.4) is 0 Å². The van der Waals surface area contributed by atoms with Crippen molar-refractivity contribution < 1.29 is 19.5 Å². The second-order valence-electron chi connectivity index (χ2n) is 12.7. The fourth-order valence-electron chi connectivity index (χ4n) is 6.25. The number of hydrogen-bond acceptors (Lipinski definition) is 5. The molecular weight excluding hydrogens is 540 g/mol. The number of nitrogens with two attached hydrogens (primary N) is 1. The molecule has 3 atom stereocenters. The van der Waals surface area contributed by atoms with Gasteiger partial charge in [0.15, 0.2) is 0 Å². The van der Waals surface area contributed by atoms with Crippen LogP contribution >= 0.6 is 12.4 Å². The van der Waals surface area contributed by atoms with Gasteiger partial charge in [-0.1, -0.05) is 63.2 Å². The van der Waals surface area contributed by atoms with Crippen molar-refractivity contribution in [2.75, 3.05) is 19.6 Å². The minimum absolute atomic E-state index is 0. The van der Waals surface area contributed by atoms with Crippen LogP contribution in [-0.4, -0.2) is 65.5 Å². The minimum Gasteiger partial charge on any atom is -0.390 e. The third-order valence-electron chi connectivity index (χ3n) is 8.81. The summed E-state index contributed by atoms with van der Waals surface area (Å²) in [6, 6.07) is 12.6. The number of carbonyl (C=O) groups is 3. The zero-order chi connectivity index (χ0) is 28.9. The lowest BCUT2D eigenvalue weighted by Gasteiger charge is -2.38. The van der Waals surface area contributed by atoms with Crippen LogP contribution in [0, 0.1) is 17.3 Å². The smallest absolute Gasteiger partial charge is 0.243 e. The van der Waals surface area contributed by atoms with Gasteiger partial charge in [0, 0.05) is 32.0 Å². The molecule has 0 radical (unpaired) electrons. The summed E-state index contributed by atoms with van der Waals surface area (Å²) >= 11 is 0. The molecule has 8 nitrogen and oxygen atoms in total. The molecule has 0 bridgehead atoms. The molecule has 2 unspecified atom stereocenters. The molecule has 2 aromatic rings. The fraction of sp³-hybridized carbons (Fsp3) is 0.594. The Morgan fingerprint density at radius 3 is 2.37 bits per heavy atom. The molecule has 226 valence electrons. The average Bonchev–Trinajstić information content (AvgIpc) is 3.44. The Hall–Kier alpha value is -2.68. The minimum atomic E-state index is -0.864. The maximum absolute atomic E-state index is 13.6. The molecule has 1 saturated heterocycles. The van der Waals surface area contributed by atoms with Crippen LogP contribution in [0.4, 0.5) is 0 Å². The van der Waals surface area contributed by atoms with Gasteiger partial charge in [-0.15, -0.1) is 12.4 Å². The molecule has 1 aliphatic heterocycles. The summed E-state index contributed by atoms with van der Waals surface area (Å²) in [6.07, 6.45) is 4.58. The van der Waals surface area contributed by atoms with Gasteiger partial charge < -0.3 is 26.4 Å². The van der Waals surface area contributed by atoms with Crippen LogP contribution in [0.25, 0.3) is 10.8 Å². The van der Waals surface area contributed by atoms with Crippen molar-refractivity contribution in [3.8, 4) is 0 Å². The van der Waals surface area contributed by atoms with Gasteiger partial charge in [0.2, 0.25) is 17.7 Å². The first-order valence-electron chi connectivity index (χ1n) is 14.8. The number of rotatable bonds is 9. The van der Waals surface area contributed by atoms with Gasteiger partial charge in [0.1, 0.15) is 12.1 Å². The van der Waals surface area contributed by atoms with E-state index in [1.807, 2.05) is 42.5 Å². The summed E-state index contributed by atoms with van der Waals surface area (Å²) in [5.41, 5.74) is 6.65. The molecule has 2 aromatic carbocycles. The molecule has 9 heteroatoms. The second kappa shape index (κ2) is 14.5. The number of fused-ring (bicyclic) bond motifs is 1. The Labute approximate surface area is 250 Å². The third-order valence-corrected chi connectivity index (χ3v) is 8.81. The summed E-state index contributed by atoms with van der Waals surface area (Å²) in [6.45, 7) is 7.40. The van der Waals surface area contributed by atoms with Gasteiger partial charge in [-0.2, -0.15) is 0 Å². The zero-order valence-electron chi connectivity index (χ0n) is 24.6. The van der Waals surface area contributed by atoms with Gasteiger partial charge in [0.25, 0.3) is 0 Å². The Kier molecular flexibility index (Phi) is 11.6. The number of carbonyl (C=O) groups excluding carboxylic acids is 3. The topological polar surface area (TPSA) is 125 Å². The maximum atomic E-state index is 13.6. The number of amides is 3. The summed E-state index contributed by atoms with van der Waals surface area (Å²) in [5.74, 6) is -0.0330. The van der Waals surface area contributed by atoms with E-state index in [0.29, 0.717) is 25.3 Å². The van der Waals surface area contributed by atoms with Crippen molar-refractivity contribution >= 4 is 40.9 Å². The largest absolute Gasteiger partial charge is 0.390 e.